The van der Waals surface area contributed by atoms with Crippen LogP contribution >= 0.6 is 23.2 Å². The monoisotopic (exact) mass is 374 g/mol. The van der Waals surface area contributed by atoms with Gasteiger partial charge in [-0.15, -0.1) is 0 Å². The maximum Gasteiger partial charge on any atom is 0.416 e. The van der Waals surface area contributed by atoms with Gasteiger partial charge in [-0.05, 0) is 17.7 Å². The highest BCUT2D eigenvalue weighted by atomic mass is 35.5. The molecule has 0 unspecified atom stereocenters. The predicted octanol–water partition coefficient (Wildman–Crippen LogP) is 3.69. The summed E-state index contributed by atoms with van der Waals surface area (Å²) in [5.74, 6) is -0.773. The molecule has 0 atom stereocenters. The van der Waals surface area contributed by atoms with Crippen molar-refractivity contribution < 1.29 is 21.6 Å². The van der Waals surface area contributed by atoms with Gasteiger partial charge < -0.3 is 0 Å². The Hall–Kier alpha value is -1.01. The van der Waals surface area contributed by atoms with Gasteiger partial charge >= 0.3 is 6.18 Å². The topological polar surface area (TPSA) is 61.2 Å². The van der Waals surface area contributed by atoms with Crippen LogP contribution in [0.15, 0.2) is 12.1 Å². The van der Waals surface area contributed by atoms with Gasteiger partial charge in [-0.3, -0.25) is 0 Å². The molecule has 22 heavy (non-hydrogen) atoms. The average Bonchev–Trinajstić information content (AvgIpc) is 2.39. The Morgan fingerprint density at radius 1 is 1.32 bits per heavy atom. The molecule has 0 saturated heterocycles. The molecule has 0 aliphatic carbocycles. The first kappa shape index (κ1) is 19.0. The van der Waals surface area contributed by atoms with Crippen molar-refractivity contribution in [2.24, 2.45) is 0 Å². The average molecular weight is 375 g/mol. The third-order valence-electron chi connectivity index (χ3n) is 2.76. The number of hydrogen-bond acceptors (Lipinski definition) is 3. The molecular formula is C12H11Cl2F3N2O2S. The molecule has 4 nitrogen and oxygen atoms in total. The number of sulfonamides is 1. The van der Waals surface area contributed by atoms with Crippen LogP contribution in [0.2, 0.25) is 10.0 Å². The van der Waals surface area contributed by atoms with E-state index in [1.54, 1.807) is 6.07 Å². The highest BCUT2D eigenvalue weighted by molar-refractivity contribution is 7.88. The molecule has 0 aromatic heterocycles. The van der Waals surface area contributed by atoms with Gasteiger partial charge in [0.25, 0.3) is 0 Å². The maximum atomic E-state index is 12.8. The molecule has 0 amide bonds. The first-order valence-electron chi connectivity index (χ1n) is 5.92. The number of rotatable bonds is 5. The summed E-state index contributed by atoms with van der Waals surface area (Å²) in [6, 6.07) is 2.96. The molecule has 1 aromatic rings. The highest BCUT2D eigenvalue weighted by Gasteiger charge is 2.33. The lowest BCUT2D eigenvalue weighted by Gasteiger charge is -2.18. The molecule has 10 heteroatoms. The van der Waals surface area contributed by atoms with Crippen LogP contribution in [0.3, 0.4) is 0 Å². The van der Waals surface area contributed by atoms with Crippen LogP contribution in [0.4, 0.5) is 13.2 Å². The molecule has 0 fully saturated rings. The Balaban J connectivity index is 3.28. The summed E-state index contributed by atoms with van der Waals surface area (Å²) < 4.78 is 63.4. The van der Waals surface area contributed by atoms with E-state index in [1.165, 1.54) is 6.92 Å². The standard InChI is InChI=1S/C12H11Cl2F3N2O2S/c1-2-19(4-3-18)22(20,21)7-8-5-9(12(15,16)17)6-10(13)11(8)14/h5-6H,2,4,7H2,1H3. The molecule has 0 heterocycles. The number of nitrogens with zero attached hydrogens (tertiary/aromatic N) is 2. The third-order valence-corrected chi connectivity index (χ3v) is 5.45. The lowest BCUT2D eigenvalue weighted by atomic mass is 10.1. The molecule has 1 aromatic carbocycles. The van der Waals surface area contributed by atoms with E-state index in [0.717, 1.165) is 4.31 Å². The molecule has 1 rings (SSSR count). The van der Waals surface area contributed by atoms with Crippen molar-refractivity contribution in [2.45, 2.75) is 18.9 Å². The van der Waals surface area contributed by atoms with Crippen molar-refractivity contribution in [1.82, 2.24) is 4.31 Å². The Morgan fingerprint density at radius 2 is 1.91 bits per heavy atom. The van der Waals surface area contributed by atoms with Crippen molar-refractivity contribution >= 4 is 33.2 Å². The van der Waals surface area contributed by atoms with Crippen LogP contribution in [0.1, 0.15) is 18.1 Å². The largest absolute Gasteiger partial charge is 0.416 e. The van der Waals surface area contributed by atoms with E-state index in [0.29, 0.717) is 12.1 Å². The normalized spacial score (nSPS) is 12.5. The van der Waals surface area contributed by atoms with E-state index in [-0.39, 0.29) is 22.2 Å². The summed E-state index contributed by atoms with van der Waals surface area (Å²) in [6.07, 6.45) is -4.68. The van der Waals surface area contributed by atoms with Crippen molar-refractivity contribution in [3.05, 3.63) is 33.3 Å². The van der Waals surface area contributed by atoms with Crippen LogP contribution in [-0.4, -0.2) is 25.8 Å². The van der Waals surface area contributed by atoms with Crippen LogP contribution in [-0.2, 0) is 22.0 Å². The van der Waals surface area contributed by atoms with Gasteiger partial charge in [0.1, 0.15) is 6.54 Å². The number of hydrogen-bond donors (Lipinski definition) is 0. The molecule has 0 radical (unpaired) electrons. The molecule has 0 saturated carbocycles. The summed E-state index contributed by atoms with van der Waals surface area (Å²) in [5.41, 5.74) is -1.35. The minimum Gasteiger partial charge on any atom is -0.212 e. The number of alkyl halides is 3. The SMILES string of the molecule is CCN(CC#N)S(=O)(=O)Cc1cc(C(F)(F)F)cc(Cl)c1Cl. The zero-order valence-corrected chi connectivity index (χ0v) is 13.6. The van der Waals surface area contributed by atoms with E-state index in [4.69, 9.17) is 28.5 Å². The Morgan fingerprint density at radius 3 is 2.36 bits per heavy atom. The molecule has 0 N–H and O–H groups in total. The second-order valence-corrected chi connectivity index (χ2v) is 7.02. The van der Waals surface area contributed by atoms with E-state index < -0.39 is 34.1 Å². The lowest BCUT2D eigenvalue weighted by Crippen LogP contribution is -2.32. The van der Waals surface area contributed by atoms with Gasteiger partial charge in [0.05, 0.1) is 27.4 Å². The smallest absolute Gasteiger partial charge is 0.212 e. The quantitative estimate of drug-likeness (QED) is 0.738. The molecule has 122 valence electrons. The molecule has 0 aliphatic rings. The first-order valence-corrected chi connectivity index (χ1v) is 8.29. The first-order chi connectivity index (χ1) is 10.0. The minimum atomic E-state index is -4.68. The van der Waals surface area contributed by atoms with E-state index in [2.05, 4.69) is 0 Å². The van der Waals surface area contributed by atoms with Gasteiger partial charge in [0, 0.05) is 6.54 Å². The summed E-state index contributed by atoms with van der Waals surface area (Å²) in [5, 5.41) is 7.95. The second kappa shape index (κ2) is 7.04. The fourth-order valence-electron chi connectivity index (χ4n) is 1.69. The Bertz CT molecular complexity index is 700. The van der Waals surface area contributed by atoms with Crippen LogP contribution < -0.4 is 0 Å². The zero-order valence-electron chi connectivity index (χ0n) is 11.3. The zero-order chi connectivity index (χ0) is 17.1. The fraction of sp³-hybridized carbons (Fsp3) is 0.417. The molecule has 0 bridgehead atoms. The number of nitriles is 1. The van der Waals surface area contributed by atoms with Gasteiger partial charge in [-0.1, -0.05) is 30.1 Å². The fourth-order valence-corrected chi connectivity index (χ4v) is 3.63. The van der Waals surface area contributed by atoms with Crippen LogP contribution in [0.5, 0.6) is 0 Å². The highest BCUT2D eigenvalue weighted by Crippen LogP contribution is 2.36. The molecule has 0 aliphatic heterocycles. The van der Waals surface area contributed by atoms with Gasteiger partial charge in [-0.25, -0.2) is 8.42 Å². The van der Waals surface area contributed by atoms with Gasteiger partial charge in [0.2, 0.25) is 10.0 Å². The Kier molecular flexibility index (Phi) is 6.10. The molecular weight excluding hydrogens is 364 g/mol. The van der Waals surface area contributed by atoms with E-state index in [9.17, 15) is 21.6 Å². The van der Waals surface area contributed by atoms with Crippen molar-refractivity contribution in [3.63, 3.8) is 0 Å². The third kappa shape index (κ3) is 4.49. The van der Waals surface area contributed by atoms with Crippen LogP contribution in [0, 0.1) is 11.3 Å². The summed E-state index contributed by atoms with van der Waals surface area (Å²) in [4.78, 5) is 0. The lowest BCUT2D eigenvalue weighted by molar-refractivity contribution is -0.137. The van der Waals surface area contributed by atoms with Crippen molar-refractivity contribution in [3.8, 4) is 6.07 Å². The van der Waals surface area contributed by atoms with E-state index in [1.807, 2.05) is 0 Å². The Labute approximate surface area is 136 Å². The number of halogens is 5. The maximum absolute atomic E-state index is 12.8. The summed E-state index contributed by atoms with van der Waals surface area (Å²) in [6.45, 7) is 1.12. The van der Waals surface area contributed by atoms with Crippen molar-refractivity contribution in [2.75, 3.05) is 13.1 Å². The van der Waals surface area contributed by atoms with Crippen LogP contribution in [0.25, 0.3) is 0 Å². The summed E-state index contributed by atoms with van der Waals surface area (Å²) in [7, 11) is -3.99. The van der Waals surface area contributed by atoms with Gasteiger partial charge in [-0.2, -0.15) is 22.7 Å². The molecule has 0 spiro atoms. The summed E-state index contributed by atoms with van der Waals surface area (Å²) >= 11 is 11.4. The predicted molar refractivity (Wildman–Crippen MR) is 76.9 cm³/mol. The minimum absolute atomic E-state index is 0.0141. The van der Waals surface area contributed by atoms with E-state index >= 15 is 0 Å². The number of benzene rings is 1. The van der Waals surface area contributed by atoms with Gasteiger partial charge in [0.15, 0.2) is 0 Å². The van der Waals surface area contributed by atoms with Crippen molar-refractivity contribution in [1.29, 1.82) is 5.26 Å². The second-order valence-electron chi connectivity index (χ2n) is 4.27.